The van der Waals surface area contributed by atoms with Crippen LogP contribution in [0.4, 0.5) is 4.39 Å². The van der Waals surface area contributed by atoms with E-state index in [0.29, 0.717) is 25.7 Å². The number of benzene rings is 1. The van der Waals surface area contributed by atoms with Crippen molar-refractivity contribution in [2.75, 3.05) is 0 Å². The van der Waals surface area contributed by atoms with Gasteiger partial charge in [-0.2, -0.15) is 0 Å². The fourth-order valence-electron chi connectivity index (χ4n) is 2.63. The Labute approximate surface area is 123 Å². The lowest BCUT2D eigenvalue weighted by molar-refractivity contribution is -0.147. The zero-order chi connectivity index (χ0) is 15.7. The van der Waals surface area contributed by atoms with Gasteiger partial charge in [0.2, 0.25) is 5.91 Å². The second-order valence-electron chi connectivity index (χ2n) is 5.93. The molecule has 2 rings (SSSR count). The van der Waals surface area contributed by atoms with Gasteiger partial charge in [0, 0.05) is 0 Å². The zero-order valence-corrected chi connectivity index (χ0v) is 12.3. The van der Waals surface area contributed by atoms with E-state index in [1.54, 1.807) is 12.1 Å². The highest BCUT2D eigenvalue weighted by Gasteiger charge is 2.53. The first kappa shape index (κ1) is 15.5. The second kappa shape index (κ2) is 5.47. The summed E-state index contributed by atoms with van der Waals surface area (Å²) < 4.78 is 13.0. The molecule has 0 saturated heterocycles. The van der Waals surface area contributed by atoms with Crippen LogP contribution in [0.2, 0.25) is 0 Å². The molecule has 5 heteroatoms. The number of carbonyl (C=O) groups is 2. The molecule has 0 radical (unpaired) electrons. The predicted molar refractivity (Wildman–Crippen MR) is 76.4 cm³/mol. The summed E-state index contributed by atoms with van der Waals surface area (Å²) in [7, 11) is 0. The molecule has 1 fully saturated rings. The molecule has 2 N–H and O–H groups in total. The Morgan fingerprint density at radius 2 is 1.90 bits per heavy atom. The summed E-state index contributed by atoms with van der Waals surface area (Å²) in [6, 6.07) is 5.84. The second-order valence-corrected chi connectivity index (χ2v) is 5.93. The summed E-state index contributed by atoms with van der Waals surface area (Å²) in [6.07, 6.45) is 2.35. The number of amides is 1. The molecule has 0 aliphatic heterocycles. The molecule has 1 atom stereocenters. The first-order chi connectivity index (χ1) is 9.84. The van der Waals surface area contributed by atoms with Crippen molar-refractivity contribution in [2.24, 2.45) is 0 Å². The largest absolute Gasteiger partial charge is 0.480 e. The van der Waals surface area contributed by atoms with Crippen molar-refractivity contribution in [3.05, 3.63) is 35.6 Å². The highest BCUT2D eigenvalue weighted by Crippen LogP contribution is 2.48. The summed E-state index contributed by atoms with van der Waals surface area (Å²) in [5.41, 5.74) is -1.22. The Bertz CT molecular complexity index is 551. The van der Waals surface area contributed by atoms with Gasteiger partial charge < -0.3 is 10.4 Å². The van der Waals surface area contributed by atoms with Gasteiger partial charge in [-0.3, -0.25) is 4.79 Å². The fourth-order valence-corrected chi connectivity index (χ4v) is 2.63. The van der Waals surface area contributed by atoms with Crippen LogP contribution in [0.15, 0.2) is 24.3 Å². The number of nitrogens with one attached hydrogen (secondary N) is 1. The van der Waals surface area contributed by atoms with Crippen molar-refractivity contribution in [3.8, 4) is 0 Å². The van der Waals surface area contributed by atoms with Gasteiger partial charge in [0.15, 0.2) is 0 Å². The van der Waals surface area contributed by atoms with Gasteiger partial charge in [0.25, 0.3) is 0 Å². The van der Waals surface area contributed by atoms with Gasteiger partial charge in [-0.15, -0.1) is 0 Å². The number of hydrogen-bond donors (Lipinski definition) is 2. The number of rotatable bonds is 6. The number of aliphatic carboxylic acids is 1. The monoisotopic (exact) mass is 293 g/mol. The normalized spacial score (nSPS) is 18.6. The van der Waals surface area contributed by atoms with Crippen LogP contribution in [0.3, 0.4) is 0 Å². The van der Waals surface area contributed by atoms with E-state index in [4.69, 9.17) is 0 Å². The first-order valence-electron chi connectivity index (χ1n) is 7.16. The fraction of sp³-hybridized carbons (Fsp3) is 0.500. The molecular weight excluding hydrogens is 273 g/mol. The lowest BCUT2D eigenvalue weighted by atomic mass is 9.91. The number of halogens is 1. The Hall–Kier alpha value is -1.91. The highest BCUT2D eigenvalue weighted by atomic mass is 19.1. The van der Waals surface area contributed by atoms with Crippen molar-refractivity contribution in [1.29, 1.82) is 0 Å². The number of carboxylic acid groups (broad SMARTS) is 1. The third-order valence-electron chi connectivity index (χ3n) is 4.19. The summed E-state index contributed by atoms with van der Waals surface area (Å²) in [5.74, 6) is -1.67. The molecule has 0 heterocycles. The Morgan fingerprint density at radius 1 is 1.33 bits per heavy atom. The van der Waals surface area contributed by atoms with Crippen molar-refractivity contribution in [1.82, 2.24) is 5.32 Å². The minimum absolute atomic E-state index is 0.285. The van der Waals surface area contributed by atoms with Crippen molar-refractivity contribution >= 4 is 11.9 Å². The van der Waals surface area contributed by atoms with Crippen LogP contribution < -0.4 is 5.32 Å². The minimum atomic E-state index is -1.26. The summed E-state index contributed by atoms with van der Waals surface area (Å²) in [5, 5.41) is 12.0. The van der Waals surface area contributed by atoms with Crippen molar-refractivity contribution in [2.45, 2.75) is 50.5 Å². The Morgan fingerprint density at radius 3 is 2.33 bits per heavy atom. The van der Waals surface area contributed by atoms with E-state index in [0.717, 1.165) is 5.56 Å². The quantitative estimate of drug-likeness (QED) is 0.847. The van der Waals surface area contributed by atoms with Crippen LogP contribution in [0, 0.1) is 5.82 Å². The average molecular weight is 293 g/mol. The van der Waals surface area contributed by atoms with Gasteiger partial charge in [0.1, 0.15) is 11.4 Å². The van der Waals surface area contributed by atoms with Crippen LogP contribution >= 0.6 is 0 Å². The van der Waals surface area contributed by atoms with Gasteiger partial charge in [-0.05, 0) is 43.9 Å². The topological polar surface area (TPSA) is 66.4 Å². The van der Waals surface area contributed by atoms with Gasteiger partial charge in [-0.25, -0.2) is 9.18 Å². The molecule has 1 unspecified atom stereocenters. The molecule has 1 aliphatic rings. The molecule has 0 aromatic heterocycles. The molecule has 0 bridgehead atoms. The average Bonchev–Trinajstić information content (AvgIpc) is 3.21. The minimum Gasteiger partial charge on any atom is -0.480 e. The van der Waals surface area contributed by atoms with Crippen molar-refractivity contribution < 1.29 is 19.1 Å². The molecule has 1 saturated carbocycles. The van der Waals surface area contributed by atoms with Crippen LogP contribution in [-0.2, 0) is 15.0 Å². The van der Waals surface area contributed by atoms with Gasteiger partial charge >= 0.3 is 5.97 Å². The van der Waals surface area contributed by atoms with E-state index >= 15 is 0 Å². The molecule has 0 spiro atoms. The first-order valence-corrected chi connectivity index (χ1v) is 7.16. The molecule has 4 nitrogen and oxygen atoms in total. The van der Waals surface area contributed by atoms with Gasteiger partial charge in [-0.1, -0.05) is 25.5 Å². The maximum absolute atomic E-state index is 13.0. The predicted octanol–water partition coefficient (Wildman–Crippen LogP) is 2.62. The molecule has 114 valence electrons. The van der Waals surface area contributed by atoms with E-state index < -0.39 is 16.9 Å². The van der Waals surface area contributed by atoms with E-state index in [1.165, 1.54) is 19.1 Å². The smallest absolute Gasteiger partial charge is 0.329 e. The number of carbonyl (C=O) groups excluding carboxylic acids is 1. The van der Waals surface area contributed by atoms with E-state index in [2.05, 4.69) is 5.32 Å². The van der Waals surface area contributed by atoms with Gasteiger partial charge in [0.05, 0.1) is 5.41 Å². The lowest BCUT2D eigenvalue weighted by Crippen LogP contribution is -2.54. The zero-order valence-electron chi connectivity index (χ0n) is 12.3. The molecular formula is C16H20FNO3. The third kappa shape index (κ3) is 2.91. The number of carboxylic acids is 1. The SMILES string of the molecule is CCCC(C)(NC(=O)C1(c2ccc(F)cc2)CC1)C(=O)O. The molecule has 1 aromatic carbocycles. The molecule has 1 aromatic rings. The summed E-state index contributed by atoms with van der Waals surface area (Å²) in [4.78, 5) is 24.0. The van der Waals surface area contributed by atoms with Crippen LogP contribution in [0.5, 0.6) is 0 Å². The summed E-state index contributed by atoms with van der Waals surface area (Å²) in [6.45, 7) is 3.40. The maximum Gasteiger partial charge on any atom is 0.329 e. The van der Waals surface area contributed by atoms with Crippen LogP contribution in [-0.4, -0.2) is 22.5 Å². The summed E-state index contributed by atoms with van der Waals surface area (Å²) >= 11 is 0. The molecule has 1 amide bonds. The van der Waals surface area contributed by atoms with Crippen LogP contribution in [0.1, 0.15) is 45.1 Å². The Balaban J connectivity index is 2.19. The van der Waals surface area contributed by atoms with E-state index in [-0.39, 0.29) is 11.7 Å². The Kier molecular flexibility index (Phi) is 4.03. The van der Waals surface area contributed by atoms with Crippen molar-refractivity contribution in [3.63, 3.8) is 0 Å². The molecule has 1 aliphatic carbocycles. The van der Waals surface area contributed by atoms with E-state index in [1.807, 2.05) is 6.92 Å². The van der Waals surface area contributed by atoms with E-state index in [9.17, 15) is 19.1 Å². The highest BCUT2D eigenvalue weighted by molar-refractivity contribution is 5.95. The lowest BCUT2D eigenvalue weighted by Gasteiger charge is -2.28. The van der Waals surface area contributed by atoms with Crippen LogP contribution in [0.25, 0.3) is 0 Å². The number of hydrogen-bond acceptors (Lipinski definition) is 2. The standard InChI is InChI=1S/C16H20FNO3/c1-3-8-15(2,14(20)21)18-13(19)16(9-10-16)11-4-6-12(17)7-5-11/h4-7H,3,8-10H2,1-2H3,(H,18,19)(H,20,21). The third-order valence-corrected chi connectivity index (χ3v) is 4.19. The maximum atomic E-state index is 13.0. The molecule has 21 heavy (non-hydrogen) atoms.